The van der Waals surface area contributed by atoms with Gasteiger partial charge in [0.25, 0.3) is 0 Å². The van der Waals surface area contributed by atoms with Gasteiger partial charge in [-0.3, -0.25) is 0 Å². The van der Waals surface area contributed by atoms with Gasteiger partial charge in [-0.2, -0.15) is 0 Å². The molecule has 0 fully saturated rings. The Labute approximate surface area is 335 Å². The van der Waals surface area contributed by atoms with Gasteiger partial charge in [0, 0.05) is 67.8 Å². The first-order valence-electron chi connectivity index (χ1n) is 18.9. The van der Waals surface area contributed by atoms with Crippen LogP contribution < -0.4 is 0 Å². The summed E-state index contributed by atoms with van der Waals surface area (Å²) in [5.41, 5.74) is 9.18. The monoisotopic (exact) mass is 763 g/mol. The SMILES string of the molecule is c1ccc(-c2nc(-c3ccccc3)nc(-c3cccc4oc5cc(-c6ccc(-c7ccc8sc9ccccc9c8c7)c7sc8ccccc8c67)ccc5c34)n2)cc1. The van der Waals surface area contributed by atoms with Crippen LogP contribution in [0.1, 0.15) is 0 Å². The van der Waals surface area contributed by atoms with Gasteiger partial charge in [-0.15, -0.1) is 22.7 Å². The fraction of sp³-hybridized carbons (Fsp3) is 0. The summed E-state index contributed by atoms with van der Waals surface area (Å²) >= 11 is 3.73. The van der Waals surface area contributed by atoms with Crippen molar-refractivity contribution in [2.75, 3.05) is 0 Å². The first-order chi connectivity index (χ1) is 28.2. The standard InChI is InChI=1S/C51H29N3OS2/c1-3-12-30(13-4-1)49-52-50(31-14-5-2-6-15-31)54-51(53-49)39-18-11-19-41-46(39)37-24-22-33(29-42(37)55-41)34-25-26-35(48-47(34)38-17-8-10-21-44(38)57-48)32-23-27-45-40(28-32)36-16-7-9-20-43(36)56-45/h1-29H. The second-order valence-corrected chi connectivity index (χ2v) is 16.4. The highest BCUT2D eigenvalue weighted by atomic mass is 32.1. The molecule has 0 spiro atoms. The highest BCUT2D eigenvalue weighted by molar-refractivity contribution is 7.26. The van der Waals surface area contributed by atoms with E-state index in [1.54, 1.807) is 0 Å². The van der Waals surface area contributed by atoms with Crippen LogP contribution in [0.25, 0.3) is 119 Å². The van der Waals surface area contributed by atoms with E-state index in [1.807, 2.05) is 95.5 Å². The molecule has 0 saturated heterocycles. The number of hydrogen-bond acceptors (Lipinski definition) is 6. The average Bonchev–Trinajstić information content (AvgIpc) is 3.98. The fourth-order valence-electron chi connectivity index (χ4n) is 8.30. The third-order valence-corrected chi connectivity index (χ3v) is 13.3. The highest BCUT2D eigenvalue weighted by Gasteiger charge is 2.20. The molecule has 4 nitrogen and oxygen atoms in total. The molecule has 0 bridgehead atoms. The van der Waals surface area contributed by atoms with Gasteiger partial charge in [0.15, 0.2) is 17.5 Å². The second-order valence-electron chi connectivity index (χ2n) is 14.3. The maximum absolute atomic E-state index is 6.68. The number of nitrogens with zero attached hydrogens (tertiary/aromatic N) is 3. The molecule has 12 rings (SSSR count). The molecule has 0 saturated carbocycles. The van der Waals surface area contributed by atoms with E-state index < -0.39 is 0 Å². The third kappa shape index (κ3) is 5.22. The van der Waals surface area contributed by atoms with E-state index in [0.29, 0.717) is 17.5 Å². The normalized spacial score (nSPS) is 11.9. The first-order valence-corrected chi connectivity index (χ1v) is 20.6. The first kappa shape index (κ1) is 32.3. The molecule has 0 N–H and O–H groups in total. The van der Waals surface area contributed by atoms with Crippen molar-refractivity contribution in [1.82, 2.24) is 15.0 Å². The average molecular weight is 764 g/mol. The Hall–Kier alpha value is -6.99. The van der Waals surface area contributed by atoms with Crippen molar-refractivity contribution >= 4 is 85.0 Å². The minimum atomic E-state index is 0.607. The van der Waals surface area contributed by atoms with Gasteiger partial charge in [0.2, 0.25) is 0 Å². The van der Waals surface area contributed by atoms with Crippen LogP contribution in [-0.4, -0.2) is 15.0 Å². The summed E-state index contributed by atoms with van der Waals surface area (Å²) in [5.74, 6) is 1.87. The van der Waals surface area contributed by atoms with E-state index in [-0.39, 0.29) is 0 Å². The molecule has 4 aromatic heterocycles. The lowest BCUT2D eigenvalue weighted by Gasteiger charge is -2.10. The summed E-state index contributed by atoms with van der Waals surface area (Å²) in [6, 6.07) is 62.0. The molecule has 0 atom stereocenters. The van der Waals surface area contributed by atoms with Crippen LogP contribution in [-0.2, 0) is 0 Å². The zero-order valence-electron chi connectivity index (χ0n) is 30.3. The van der Waals surface area contributed by atoms with E-state index in [2.05, 4.69) is 103 Å². The number of hydrogen-bond donors (Lipinski definition) is 0. The Morgan fingerprint density at radius 1 is 0.333 bits per heavy atom. The minimum absolute atomic E-state index is 0.607. The Balaban J connectivity index is 1.03. The van der Waals surface area contributed by atoms with Crippen molar-refractivity contribution in [3.8, 4) is 56.4 Å². The van der Waals surface area contributed by atoms with Gasteiger partial charge in [0.05, 0.1) is 0 Å². The lowest BCUT2D eigenvalue weighted by Crippen LogP contribution is -2.00. The number of aromatic nitrogens is 3. The minimum Gasteiger partial charge on any atom is -0.456 e. The van der Waals surface area contributed by atoms with Gasteiger partial charge in [0.1, 0.15) is 11.2 Å². The van der Waals surface area contributed by atoms with Gasteiger partial charge < -0.3 is 4.42 Å². The largest absolute Gasteiger partial charge is 0.456 e. The predicted octanol–water partition coefficient (Wildman–Crippen LogP) is 14.8. The molecule has 0 aliphatic rings. The summed E-state index contributed by atoms with van der Waals surface area (Å²) in [5, 5.41) is 7.17. The predicted molar refractivity (Wildman–Crippen MR) is 240 cm³/mol. The van der Waals surface area contributed by atoms with Gasteiger partial charge in [-0.05, 0) is 64.7 Å². The Morgan fingerprint density at radius 2 is 0.947 bits per heavy atom. The topological polar surface area (TPSA) is 51.8 Å². The van der Waals surface area contributed by atoms with Crippen molar-refractivity contribution < 1.29 is 4.42 Å². The molecule has 6 heteroatoms. The molecule has 0 aliphatic carbocycles. The van der Waals surface area contributed by atoms with Crippen molar-refractivity contribution in [2.24, 2.45) is 0 Å². The Morgan fingerprint density at radius 3 is 1.72 bits per heavy atom. The maximum atomic E-state index is 6.68. The van der Waals surface area contributed by atoms with Crippen molar-refractivity contribution in [3.63, 3.8) is 0 Å². The lowest BCUT2D eigenvalue weighted by atomic mass is 9.94. The third-order valence-electron chi connectivity index (χ3n) is 11.0. The fourth-order valence-corrected chi connectivity index (χ4v) is 10.6. The molecule has 0 radical (unpaired) electrons. The van der Waals surface area contributed by atoms with Crippen molar-refractivity contribution in [2.45, 2.75) is 0 Å². The van der Waals surface area contributed by atoms with Crippen molar-refractivity contribution in [1.29, 1.82) is 0 Å². The molecule has 4 heterocycles. The van der Waals surface area contributed by atoms with Gasteiger partial charge in [-0.1, -0.05) is 133 Å². The quantitative estimate of drug-likeness (QED) is 0.175. The molecule has 57 heavy (non-hydrogen) atoms. The molecule has 8 aromatic carbocycles. The van der Waals surface area contributed by atoms with Crippen LogP contribution >= 0.6 is 22.7 Å². The number of benzene rings is 8. The van der Waals surface area contributed by atoms with Gasteiger partial charge in [-0.25, -0.2) is 15.0 Å². The lowest BCUT2D eigenvalue weighted by molar-refractivity contribution is 0.669. The Kier molecular flexibility index (Phi) is 7.24. The smallest absolute Gasteiger partial charge is 0.164 e. The maximum Gasteiger partial charge on any atom is 0.164 e. The molecular formula is C51H29N3OS2. The summed E-state index contributed by atoms with van der Waals surface area (Å²) in [7, 11) is 0. The summed E-state index contributed by atoms with van der Waals surface area (Å²) < 4.78 is 11.9. The molecule has 266 valence electrons. The van der Waals surface area contributed by atoms with E-state index in [4.69, 9.17) is 19.4 Å². The summed E-state index contributed by atoms with van der Waals surface area (Å²) in [6.07, 6.45) is 0. The van der Waals surface area contributed by atoms with Crippen LogP contribution in [0.3, 0.4) is 0 Å². The van der Waals surface area contributed by atoms with E-state index in [0.717, 1.165) is 44.2 Å². The van der Waals surface area contributed by atoms with Crippen LogP contribution in [0.5, 0.6) is 0 Å². The van der Waals surface area contributed by atoms with Crippen molar-refractivity contribution in [3.05, 3.63) is 176 Å². The Bertz CT molecular complexity index is 3470. The molecular weight excluding hydrogens is 735 g/mol. The highest BCUT2D eigenvalue weighted by Crippen LogP contribution is 2.47. The van der Waals surface area contributed by atoms with E-state index >= 15 is 0 Å². The van der Waals surface area contributed by atoms with Crippen LogP contribution in [0, 0.1) is 0 Å². The number of rotatable bonds is 5. The molecule has 0 unspecified atom stereocenters. The molecule has 12 aromatic rings. The second kappa shape index (κ2) is 12.8. The van der Waals surface area contributed by atoms with E-state index in [1.165, 1.54) is 57.0 Å². The van der Waals surface area contributed by atoms with E-state index in [9.17, 15) is 0 Å². The summed E-state index contributed by atoms with van der Waals surface area (Å²) in [4.78, 5) is 15.0. The zero-order valence-corrected chi connectivity index (χ0v) is 31.9. The molecule has 0 amide bonds. The number of thiophene rings is 2. The number of fused-ring (bicyclic) bond motifs is 9. The zero-order chi connectivity index (χ0) is 37.5. The van der Waals surface area contributed by atoms with Gasteiger partial charge >= 0.3 is 0 Å². The van der Waals surface area contributed by atoms with Crippen LogP contribution in [0.15, 0.2) is 180 Å². The molecule has 0 aliphatic heterocycles. The van der Waals surface area contributed by atoms with Crippen LogP contribution in [0.4, 0.5) is 0 Å². The summed E-state index contributed by atoms with van der Waals surface area (Å²) in [6.45, 7) is 0. The number of furan rings is 1. The van der Waals surface area contributed by atoms with Crippen LogP contribution in [0.2, 0.25) is 0 Å².